The first kappa shape index (κ1) is 19.1. The van der Waals surface area contributed by atoms with Gasteiger partial charge in [-0.3, -0.25) is 9.48 Å². The van der Waals surface area contributed by atoms with Gasteiger partial charge in [0.1, 0.15) is 0 Å². The lowest BCUT2D eigenvalue weighted by molar-refractivity contribution is -0.121. The number of sulfonamides is 1. The molecule has 25 heavy (non-hydrogen) atoms. The molecule has 1 aromatic heterocycles. The second-order valence-electron chi connectivity index (χ2n) is 5.96. The molecule has 0 fully saturated rings. The Morgan fingerprint density at radius 3 is 2.36 bits per heavy atom. The monoisotopic (exact) mass is 364 g/mol. The predicted octanol–water partition coefficient (Wildman–Crippen LogP) is 1.26. The van der Waals surface area contributed by atoms with Crippen LogP contribution in [0.3, 0.4) is 0 Å². The summed E-state index contributed by atoms with van der Waals surface area (Å²) in [6.45, 7) is 4.85. The first-order valence-electron chi connectivity index (χ1n) is 8.06. The number of aromatic nitrogens is 2. The van der Waals surface area contributed by atoms with Gasteiger partial charge in [-0.2, -0.15) is 5.10 Å². The first-order valence-corrected chi connectivity index (χ1v) is 9.71. The molecule has 0 aliphatic carbocycles. The van der Waals surface area contributed by atoms with E-state index in [9.17, 15) is 13.2 Å². The average Bonchev–Trinajstić information content (AvgIpc) is 2.89. The number of hydrogen-bond donors (Lipinski definition) is 2. The number of carbonyl (C=O) groups excluding carboxylic acids is 1. The third-order valence-electron chi connectivity index (χ3n) is 3.83. The minimum atomic E-state index is -3.27. The Balaban J connectivity index is 1.80. The predicted molar refractivity (Wildman–Crippen MR) is 96.3 cm³/mol. The van der Waals surface area contributed by atoms with Crippen LogP contribution < -0.4 is 10.0 Å². The van der Waals surface area contributed by atoms with E-state index >= 15 is 0 Å². The normalized spacial score (nSPS) is 11.5. The van der Waals surface area contributed by atoms with Crippen LogP contribution in [-0.2, 0) is 33.7 Å². The highest BCUT2D eigenvalue weighted by Gasteiger charge is 2.09. The van der Waals surface area contributed by atoms with Gasteiger partial charge in [0, 0.05) is 25.2 Å². The van der Waals surface area contributed by atoms with E-state index in [1.54, 1.807) is 12.1 Å². The molecule has 0 spiro atoms. The van der Waals surface area contributed by atoms with Crippen LogP contribution in [0, 0.1) is 13.8 Å². The van der Waals surface area contributed by atoms with Crippen molar-refractivity contribution in [2.24, 2.45) is 0 Å². The van der Waals surface area contributed by atoms with Crippen LogP contribution in [0.1, 0.15) is 28.9 Å². The summed E-state index contributed by atoms with van der Waals surface area (Å²) in [6.07, 6.45) is 0.362. The minimum absolute atomic E-state index is 0.0469. The van der Waals surface area contributed by atoms with Crippen molar-refractivity contribution in [3.05, 3.63) is 52.8 Å². The van der Waals surface area contributed by atoms with E-state index < -0.39 is 10.0 Å². The Labute approximate surface area is 148 Å². The molecule has 2 rings (SSSR count). The van der Waals surface area contributed by atoms with Crippen LogP contribution in [0.2, 0.25) is 0 Å². The highest BCUT2D eigenvalue weighted by Crippen LogP contribution is 2.08. The fourth-order valence-electron chi connectivity index (χ4n) is 2.44. The summed E-state index contributed by atoms with van der Waals surface area (Å²) in [5, 5.41) is 7.19. The maximum atomic E-state index is 12.0. The van der Waals surface area contributed by atoms with E-state index in [-0.39, 0.29) is 11.7 Å². The molecule has 0 bridgehead atoms. The molecule has 0 atom stereocenters. The molecule has 0 radical (unpaired) electrons. The van der Waals surface area contributed by atoms with Crippen molar-refractivity contribution in [3.63, 3.8) is 0 Å². The Kier molecular flexibility index (Phi) is 6.33. The molecule has 0 unspecified atom stereocenters. The third-order valence-corrected chi connectivity index (χ3v) is 5.17. The number of carbonyl (C=O) groups is 1. The molecule has 0 saturated carbocycles. The van der Waals surface area contributed by atoms with Gasteiger partial charge in [-0.1, -0.05) is 24.3 Å². The quantitative estimate of drug-likeness (QED) is 0.737. The summed E-state index contributed by atoms with van der Waals surface area (Å²) < 4.78 is 27.1. The molecule has 1 heterocycles. The average molecular weight is 364 g/mol. The van der Waals surface area contributed by atoms with Gasteiger partial charge in [0.15, 0.2) is 0 Å². The maximum absolute atomic E-state index is 12.0. The van der Waals surface area contributed by atoms with E-state index in [0.29, 0.717) is 25.1 Å². The number of aryl methyl sites for hydroxylation is 3. The molecule has 136 valence electrons. The van der Waals surface area contributed by atoms with Crippen LogP contribution in [-0.4, -0.2) is 31.2 Å². The zero-order valence-electron chi connectivity index (χ0n) is 14.7. The van der Waals surface area contributed by atoms with Gasteiger partial charge < -0.3 is 5.32 Å². The van der Waals surface area contributed by atoms with E-state index in [1.165, 1.54) is 7.05 Å². The maximum Gasteiger partial charge on any atom is 0.222 e. The third kappa shape index (κ3) is 5.99. The van der Waals surface area contributed by atoms with Gasteiger partial charge in [-0.25, -0.2) is 13.1 Å². The van der Waals surface area contributed by atoms with Gasteiger partial charge in [-0.15, -0.1) is 0 Å². The van der Waals surface area contributed by atoms with E-state index in [1.807, 2.05) is 36.7 Å². The summed E-state index contributed by atoms with van der Waals surface area (Å²) in [7, 11) is -1.88. The molecule has 7 nitrogen and oxygen atoms in total. The number of nitrogens with zero attached hydrogens (tertiary/aromatic N) is 2. The Morgan fingerprint density at radius 2 is 1.80 bits per heavy atom. The summed E-state index contributed by atoms with van der Waals surface area (Å²) in [6, 6.07) is 9.13. The molecule has 0 saturated heterocycles. The van der Waals surface area contributed by atoms with Crippen LogP contribution >= 0.6 is 0 Å². The molecule has 0 aliphatic heterocycles. The number of rotatable bonds is 8. The minimum Gasteiger partial charge on any atom is -0.352 e. The SMILES string of the molecule is CNS(=O)(=O)Cc1ccc(CNC(=O)CCn2nc(C)cc2C)cc1. The van der Waals surface area contributed by atoms with Crippen molar-refractivity contribution >= 4 is 15.9 Å². The summed E-state index contributed by atoms with van der Waals surface area (Å²) in [5.74, 6) is -0.104. The zero-order valence-corrected chi connectivity index (χ0v) is 15.6. The zero-order chi connectivity index (χ0) is 18.4. The van der Waals surface area contributed by atoms with E-state index in [4.69, 9.17) is 0 Å². The standard InChI is InChI=1S/C17H24N4O3S/c1-13-10-14(2)21(20-13)9-8-17(22)19-11-15-4-6-16(7-5-15)12-25(23,24)18-3/h4-7,10,18H,8-9,11-12H2,1-3H3,(H,19,22). The van der Waals surface area contributed by atoms with Gasteiger partial charge in [0.2, 0.25) is 15.9 Å². The topological polar surface area (TPSA) is 93.1 Å². The summed E-state index contributed by atoms with van der Waals surface area (Å²) in [5.41, 5.74) is 3.61. The van der Waals surface area contributed by atoms with Crippen LogP contribution in [0.4, 0.5) is 0 Å². The van der Waals surface area contributed by atoms with Gasteiger partial charge in [0.05, 0.1) is 11.4 Å². The first-order chi connectivity index (χ1) is 11.8. The lowest BCUT2D eigenvalue weighted by Gasteiger charge is -2.08. The number of amides is 1. The van der Waals surface area contributed by atoms with Crippen molar-refractivity contribution in [1.82, 2.24) is 19.8 Å². The summed E-state index contributed by atoms with van der Waals surface area (Å²) in [4.78, 5) is 12.0. The van der Waals surface area contributed by atoms with E-state index in [2.05, 4.69) is 15.1 Å². The number of nitrogens with one attached hydrogen (secondary N) is 2. The molecule has 1 aromatic carbocycles. The molecule has 8 heteroatoms. The lowest BCUT2D eigenvalue weighted by atomic mass is 10.1. The smallest absolute Gasteiger partial charge is 0.222 e. The lowest BCUT2D eigenvalue weighted by Crippen LogP contribution is -2.24. The van der Waals surface area contributed by atoms with Gasteiger partial charge in [-0.05, 0) is 38.1 Å². The molecular formula is C17H24N4O3S. The fraction of sp³-hybridized carbons (Fsp3) is 0.412. The Bertz CT molecular complexity index is 826. The molecular weight excluding hydrogens is 340 g/mol. The molecule has 0 aliphatic rings. The van der Waals surface area contributed by atoms with Crippen molar-refractivity contribution in [2.45, 2.75) is 39.1 Å². The van der Waals surface area contributed by atoms with E-state index in [0.717, 1.165) is 17.0 Å². The van der Waals surface area contributed by atoms with Gasteiger partial charge in [0.25, 0.3) is 0 Å². The Morgan fingerprint density at radius 1 is 1.16 bits per heavy atom. The van der Waals surface area contributed by atoms with Crippen LogP contribution in [0.5, 0.6) is 0 Å². The molecule has 1 amide bonds. The van der Waals surface area contributed by atoms with Crippen molar-refractivity contribution in [3.8, 4) is 0 Å². The van der Waals surface area contributed by atoms with Gasteiger partial charge >= 0.3 is 0 Å². The van der Waals surface area contributed by atoms with Crippen molar-refractivity contribution < 1.29 is 13.2 Å². The largest absolute Gasteiger partial charge is 0.352 e. The number of hydrogen-bond acceptors (Lipinski definition) is 4. The highest BCUT2D eigenvalue weighted by atomic mass is 32.2. The highest BCUT2D eigenvalue weighted by molar-refractivity contribution is 7.88. The fourth-order valence-corrected chi connectivity index (χ4v) is 3.22. The van der Waals surface area contributed by atoms with Crippen LogP contribution in [0.15, 0.2) is 30.3 Å². The number of benzene rings is 1. The van der Waals surface area contributed by atoms with Crippen LogP contribution in [0.25, 0.3) is 0 Å². The second-order valence-corrected chi connectivity index (χ2v) is 7.88. The second kappa shape index (κ2) is 8.26. The summed E-state index contributed by atoms with van der Waals surface area (Å²) >= 11 is 0. The van der Waals surface area contributed by atoms with Crippen molar-refractivity contribution in [1.29, 1.82) is 0 Å². The molecule has 2 aromatic rings. The molecule has 2 N–H and O–H groups in total. The Hall–Kier alpha value is -2.19. The van der Waals surface area contributed by atoms with Crippen molar-refractivity contribution in [2.75, 3.05) is 7.05 Å².